The first-order valence-electron chi connectivity index (χ1n) is 7.12. The van der Waals surface area contributed by atoms with E-state index in [9.17, 15) is 4.79 Å². The summed E-state index contributed by atoms with van der Waals surface area (Å²) < 4.78 is 5.03. The summed E-state index contributed by atoms with van der Waals surface area (Å²) in [6.45, 7) is 4.59. The van der Waals surface area contributed by atoms with Crippen molar-refractivity contribution in [2.75, 3.05) is 19.7 Å². The Labute approximate surface area is 113 Å². The number of allylic oxidation sites excluding steroid dienone is 1. The number of hydrogen-bond donors (Lipinski definition) is 1. The van der Waals surface area contributed by atoms with Gasteiger partial charge >= 0.3 is 5.97 Å². The molecule has 1 aliphatic heterocycles. The summed E-state index contributed by atoms with van der Waals surface area (Å²) in [5, 5.41) is 0. The molecule has 1 saturated heterocycles. The van der Waals surface area contributed by atoms with Crippen LogP contribution in [0.4, 0.5) is 0 Å². The first kappa shape index (κ1) is 12.3. The topological polar surface area (TPSA) is 45.3 Å². The lowest BCUT2D eigenvalue weighted by Gasteiger charge is -2.24. The number of likely N-dealkylation sites (tertiary alicyclic amines) is 1. The molecule has 1 aromatic rings. The summed E-state index contributed by atoms with van der Waals surface area (Å²) in [7, 11) is 0. The molecular weight excluding hydrogens is 240 g/mol. The van der Waals surface area contributed by atoms with Crippen molar-refractivity contribution in [2.45, 2.75) is 32.6 Å². The van der Waals surface area contributed by atoms with Crippen molar-refractivity contribution in [1.29, 1.82) is 0 Å². The molecule has 4 heteroatoms. The van der Waals surface area contributed by atoms with Crippen LogP contribution in [0, 0.1) is 0 Å². The van der Waals surface area contributed by atoms with Crippen molar-refractivity contribution in [1.82, 2.24) is 9.88 Å². The molecule has 19 heavy (non-hydrogen) atoms. The highest BCUT2D eigenvalue weighted by molar-refractivity contribution is 5.88. The summed E-state index contributed by atoms with van der Waals surface area (Å²) in [6.07, 6.45) is 6.87. The Bertz CT molecular complexity index is 510. The zero-order chi connectivity index (χ0) is 13.2. The number of ether oxygens (including phenoxy) is 1. The quantitative estimate of drug-likeness (QED) is 0.850. The fraction of sp³-hybridized carbons (Fsp3) is 0.533. The van der Waals surface area contributed by atoms with E-state index in [0.29, 0.717) is 12.3 Å². The monoisotopic (exact) mass is 260 g/mol. The van der Waals surface area contributed by atoms with Crippen molar-refractivity contribution < 1.29 is 9.53 Å². The molecule has 1 aliphatic carbocycles. The van der Waals surface area contributed by atoms with Gasteiger partial charge in [0.2, 0.25) is 0 Å². The van der Waals surface area contributed by atoms with E-state index in [1.54, 1.807) is 0 Å². The van der Waals surface area contributed by atoms with Crippen molar-refractivity contribution in [3.63, 3.8) is 0 Å². The molecule has 2 aliphatic rings. The van der Waals surface area contributed by atoms with Gasteiger partial charge in [0.25, 0.3) is 0 Å². The van der Waals surface area contributed by atoms with Gasteiger partial charge in [-0.25, -0.2) is 4.79 Å². The van der Waals surface area contributed by atoms with Crippen molar-refractivity contribution in [2.24, 2.45) is 0 Å². The minimum atomic E-state index is -0.256. The van der Waals surface area contributed by atoms with Gasteiger partial charge in [0.15, 0.2) is 0 Å². The number of esters is 1. The van der Waals surface area contributed by atoms with Crippen molar-refractivity contribution in [3.8, 4) is 0 Å². The molecular formula is C15H20N2O2. The number of carbonyl (C=O) groups excluding carboxylic acids is 1. The second kappa shape index (κ2) is 5.11. The zero-order valence-electron chi connectivity index (χ0n) is 11.4. The third-order valence-corrected chi connectivity index (χ3v) is 3.90. The van der Waals surface area contributed by atoms with Crippen LogP contribution in [0.2, 0.25) is 0 Å². The molecule has 3 rings (SSSR count). The van der Waals surface area contributed by atoms with E-state index >= 15 is 0 Å². The molecule has 2 heterocycles. The van der Waals surface area contributed by atoms with Crippen LogP contribution in [0.3, 0.4) is 0 Å². The van der Waals surface area contributed by atoms with E-state index in [4.69, 9.17) is 4.74 Å². The van der Waals surface area contributed by atoms with Gasteiger partial charge < -0.3 is 14.6 Å². The predicted molar refractivity (Wildman–Crippen MR) is 73.9 cm³/mol. The number of H-pyrrole nitrogens is 1. The van der Waals surface area contributed by atoms with E-state index < -0.39 is 0 Å². The third kappa shape index (κ3) is 2.39. The van der Waals surface area contributed by atoms with Gasteiger partial charge in [-0.15, -0.1) is 0 Å². The highest BCUT2D eigenvalue weighted by atomic mass is 16.5. The lowest BCUT2D eigenvalue weighted by Crippen LogP contribution is -2.20. The van der Waals surface area contributed by atoms with Crippen LogP contribution in [-0.2, 0) is 11.2 Å². The Hall–Kier alpha value is -1.71. The van der Waals surface area contributed by atoms with E-state index in [2.05, 4.69) is 16.0 Å². The van der Waals surface area contributed by atoms with Gasteiger partial charge in [0.05, 0.1) is 6.61 Å². The summed E-state index contributed by atoms with van der Waals surface area (Å²) in [6, 6.07) is 1.94. The normalized spacial score (nSPS) is 18.2. The van der Waals surface area contributed by atoms with E-state index in [-0.39, 0.29) is 5.97 Å². The molecule has 0 radical (unpaired) electrons. The summed E-state index contributed by atoms with van der Waals surface area (Å²) in [5.41, 5.74) is 4.29. The highest BCUT2D eigenvalue weighted by Crippen LogP contribution is 2.28. The van der Waals surface area contributed by atoms with Crippen LogP contribution in [0.15, 0.2) is 11.8 Å². The Morgan fingerprint density at radius 3 is 2.89 bits per heavy atom. The number of nitrogens with zero attached hydrogens (tertiary/aromatic N) is 1. The smallest absolute Gasteiger partial charge is 0.354 e. The Kier molecular flexibility index (Phi) is 3.32. The molecule has 1 N–H and O–H groups in total. The average Bonchev–Trinajstić information content (AvgIpc) is 3.07. The SMILES string of the molecule is CCOC(=O)c1cc2c([nH]1)C=C(N1CCCC1)CC2. The Morgan fingerprint density at radius 1 is 1.37 bits per heavy atom. The maximum Gasteiger partial charge on any atom is 0.354 e. The van der Waals surface area contributed by atoms with Crippen LogP contribution in [0.1, 0.15) is 47.9 Å². The van der Waals surface area contributed by atoms with Gasteiger partial charge in [-0.2, -0.15) is 0 Å². The Balaban J connectivity index is 1.82. The molecule has 0 aromatic carbocycles. The van der Waals surface area contributed by atoms with Crippen molar-refractivity contribution in [3.05, 3.63) is 28.7 Å². The van der Waals surface area contributed by atoms with Gasteiger partial charge in [-0.1, -0.05) is 0 Å². The molecule has 0 atom stereocenters. The molecule has 0 unspecified atom stereocenters. The van der Waals surface area contributed by atoms with Gasteiger partial charge in [-0.05, 0) is 50.3 Å². The second-order valence-electron chi connectivity index (χ2n) is 5.17. The maximum atomic E-state index is 11.7. The molecule has 1 fully saturated rings. The van der Waals surface area contributed by atoms with E-state index in [0.717, 1.165) is 18.5 Å². The fourth-order valence-corrected chi connectivity index (χ4v) is 2.92. The largest absolute Gasteiger partial charge is 0.461 e. The number of aromatic nitrogens is 1. The third-order valence-electron chi connectivity index (χ3n) is 3.90. The highest BCUT2D eigenvalue weighted by Gasteiger charge is 2.21. The van der Waals surface area contributed by atoms with Crippen LogP contribution in [0.25, 0.3) is 6.08 Å². The molecule has 0 spiro atoms. The van der Waals surface area contributed by atoms with Gasteiger partial charge in [0.1, 0.15) is 5.69 Å². The minimum Gasteiger partial charge on any atom is -0.461 e. The molecule has 0 bridgehead atoms. The predicted octanol–water partition coefficient (Wildman–Crippen LogP) is 2.57. The first-order chi connectivity index (χ1) is 9.28. The van der Waals surface area contributed by atoms with Crippen LogP contribution >= 0.6 is 0 Å². The number of aromatic amines is 1. The van der Waals surface area contributed by atoms with Crippen molar-refractivity contribution >= 4 is 12.0 Å². The van der Waals surface area contributed by atoms with E-state index in [1.165, 1.54) is 37.2 Å². The number of aryl methyl sites for hydroxylation is 1. The van der Waals surface area contributed by atoms with Crippen LogP contribution < -0.4 is 0 Å². The Morgan fingerprint density at radius 2 is 2.16 bits per heavy atom. The molecule has 102 valence electrons. The minimum absolute atomic E-state index is 0.256. The lowest BCUT2D eigenvalue weighted by atomic mass is 10.0. The average molecular weight is 260 g/mol. The first-order valence-corrected chi connectivity index (χ1v) is 7.12. The summed E-state index contributed by atoms with van der Waals surface area (Å²) in [4.78, 5) is 17.4. The molecule has 0 saturated carbocycles. The number of nitrogens with one attached hydrogen (secondary N) is 1. The standard InChI is InChI=1S/C15H20N2O2/c1-2-19-15(18)14-9-11-5-6-12(10-13(11)16-14)17-7-3-4-8-17/h9-10,16H,2-8H2,1H3. The maximum absolute atomic E-state index is 11.7. The molecule has 4 nitrogen and oxygen atoms in total. The van der Waals surface area contributed by atoms with Gasteiger partial charge in [-0.3, -0.25) is 0 Å². The zero-order valence-corrected chi connectivity index (χ0v) is 11.4. The summed E-state index contributed by atoms with van der Waals surface area (Å²) in [5.74, 6) is -0.256. The number of hydrogen-bond acceptors (Lipinski definition) is 3. The second-order valence-corrected chi connectivity index (χ2v) is 5.17. The number of carbonyl (C=O) groups is 1. The van der Waals surface area contributed by atoms with Crippen LogP contribution in [-0.4, -0.2) is 35.5 Å². The lowest BCUT2D eigenvalue weighted by molar-refractivity contribution is 0.0520. The number of rotatable bonds is 3. The molecule has 0 amide bonds. The van der Waals surface area contributed by atoms with E-state index in [1.807, 2.05) is 13.0 Å². The summed E-state index contributed by atoms with van der Waals surface area (Å²) >= 11 is 0. The fourth-order valence-electron chi connectivity index (χ4n) is 2.92. The van der Waals surface area contributed by atoms with Crippen LogP contribution in [0.5, 0.6) is 0 Å². The molecule has 1 aromatic heterocycles. The van der Waals surface area contributed by atoms with Gasteiger partial charge in [0, 0.05) is 24.5 Å². The number of fused-ring (bicyclic) bond motifs is 1.